The number of ether oxygens (including phenoxy) is 5. The highest BCUT2D eigenvalue weighted by Crippen LogP contribution is 2.41. The minimum Gasteiger partial charge on any atom is -0.493 e. The van der Waals surface area contributed by atoms with Gasteiger partial charge in [0.15, 0.2) is 5.92 Å². The molecule has 9 heteroatoms. The van der Waals surface area contributed by atoms with E-state index in [9.17, 15) is 19.2 Å². The first-order chi connectivity index (χ1) is 14.4. The van der Waals surface area contributed by atoms with Crippen molar-refractivity contribution < 1.29 is 42.9 Å². The van der Waals surface area contributed by atoms with Crippen LogP contribution < -0.4 is 0 Å². The standard InChI is InChI=1S/C21H30O9/c1-6-27-14-12-13(10-11-15(22)26-5)16(17(14)19(23)28-7-2)18(20(24)29-8-3)21(25)30-9-4/h12,16,18H,6-11H2,1-5H3. The van der Waals surface area contributed by atoms with Crippen LogP contribution >= 0.6 is 0 Å². The second kappa shape index (κ2) is 12.7. The molecule has 0 spiro atoms. The molecule has 0 aromatic rings. The Labute approximate surface area is 176 Å². The van der Waals surface area contributed by atoms with Gasteiger partial charge in [0.25, 0.3) is 0 Å². The Balaban J connectivity index is 3.51. The molecular formula is C21H30O9. The van der Waals surface area contributed by atoms with Gasteiger partial charge < -0.3 is 23.7 Å². The van der Waals surface area contributed by atoms with Crippen LogP contribution in [0.25, 0.3) is 0 Å². The number of esters is 4. The predicted molar refractivity (Wildman–Crippen MR) is 105 cm³/mol. The molecule has 1 aliphatic rings. The van der Waals surface area contributed by atoms with E-state index in [1.807, 2.05) is 0 Å². The number of rotatable bonds is 12. The summed E-state index contributed by atoms with van der Waals surface area (Å²) in [5.41, 5.74) is 0.516. The second-order valence-corrected chi connectivity index (χ2v) is 6.19. The maximum absolute atomic E-state index is 12.8. The first-order valence-electron chi connectivity index (χ1n) is 10.0. The lowest BCUT2D eigenvalue weighted by atomic mass is 9.81. The van der Waals surface area contributed by atoms with Gasteiger partial charge in [0, 0.05) is 12.3 Å². The molecule has 0 aromatic heterocycles. The summed E-state index contributed by atoms with van der Waals surface area (Å²) in [5.74, 6) is -5.12. The lowest BCUT2D eigenvalue weighted by Gasteiger charge is -2.25. The van der Waals surface area contributed by atoms with Gasteiger partial charge in [0.1, 0.15) is 5.76 Å². The fourth-order valence-corrected chi connectivity index (χ4v) is 3.18. The molecule has 0 saturated carbocycles. The van der Waals surface area contributed by atoms with Crippen LogP contribution in [-0.2, 0) is 42.9 Å². The molecule has 1 atom stereocenters. The van der Waals surface area contributed by atoms with E-state index >= 15 is 0 Å². The lowest BCUT2D eigenvalue weighted by Crippen LogP contribution is -2.37. The SMILES string of the molecule is CCOC(=O)C1=C(OCC)C=C(CCC(=O)OC)C1C(C(=O)OCC)C(=O)OCC. The van der Waals surface area contributed by atoms with Gasteiger partial charge >= 0.3 is 23.9 Å². The Morgan fingerprint density at radius 3 is 1.93 bits per heavy atom. The number of hydrogen-bond donors (Lipinski definition) is 0. The Hall–Kier alpha value is -2.84. The van der Waals surface area contributed by atoms with E-state index in [-0.39, 0.29) is 50.6 Å². The normalized spacial score (nSPS) is 15.5. The van der Waals surface area contributed by atoms with Crippen molar-refractivity contribution in [1.82, 2.24) is 0 Å². The number of carbonyl (C=O) groups is 4. The van der Waals surface area contributed by atoms with Gasteiger partial charge in [0.05, 0.1) is 39.1 Å². The smallest absolute Gasteiger partial charge is 0.338 e. The minimum absolute atomic E-state index is 0.00723. The average Bonchev–Trinajstić information content (AvgIpc) is 3.05. The van der Waals surface area contributed by atoms with E-state index in [0.717, 1.165) is 0 Å². The number of carbonyl (C=O) groups excluding carboxylic acids is 4. The van der Waals surface area contributed by atoms with Gasteiger partial charge in [-0.05, 0) is 40.2 Å². The van der Waals surface area contributed by atoms with Crippen LogP contribution in [0.2, 0.25) is 0 Å². The summed E-state index contributed by atoms with van der Waals surface area (Å²) in [6.07, 6.45) is 1.70. The molecule has 0 amide bonds. The van der Waals surface area contributed by atoms with Crippen LogP contribution in [0.4, 0.5) is 0 Å². The van der Waals surface area contributed by atoms with Crippen molar-refractivity contribution in [2.24, 2.45) is 11.8 Å². The third-order valence-corrected chi connectivity index (χ3v) is 4.35. The van der Waals surface area contributed by atoms with Crippen molar-refractivity contribution in [3.8, 4) is 0 Å². The number of methoxy groups -OCH3 is 1. The Morgan fingerprint density at radius 1 is 0.900 bits per heavy atom. The van der Waals surface area contributed by atoms with Crippen LogP contribution in [0.3, 0.4) is 0 Å². The number of allylic oxidation sites excluding steroid dienone is 2. The molecule has 168 valence electrons. The van der Waals surface area contributed by atoms with Crippen molar-refractivity contribution in [2.45, 2.75) is 40.5 Å². The fourth-order valence-electron chi connectivity index (χ4n) is 3.18. The molecule has 0 aromatic carbocycles. The van der Waals surface area contributed by atoms with Crippen molar-refractivity contribution in [3.63, 3.8) is 0 Å². The molecule has 30 heavy (non-hydrogen) atoms. The van der Waals surface area contributed by atoms with Crippen LogP contribution in [0.1, 0.15) is 40.5 Å². The van der Waals surface area contributed by atoms with E-state index in [4.69, 9.17) is 18.9 Å². The second-order valence-electron chi connectivity index (χ2n) is 6.19. The maximum atomic E-state index is 12.8. The summed E-state index contributed by atoms with van der Waals surface area (Å²) in [7, 11) is 1.26. The topological polar surface area (TPSA) is 114 Å². The molecular weight excluding hydrogens is 396 g/mol. The van der Waals surface area contributed by atoms with Crippen LogP contribution in [0.15, 0.2) is 23.0 Å². The summed E-state index contributed by atoms with van der Waals surface area (Å²) in [5, 5.41) is 0. The highest BCUT2D eigenvalue weighted by molar-refractivity contribution is 6.00. The van der Waals surface area contributed by atoms with Crippen molar-refractivity contribution in [1.29, 1.82) is 0 Å². The highest BCUT2D eigenvalue weighted by atomic mass is 16.6. The number of hydrogen-bond acceptors (Lipinski definition) is 9. The quantitative estimate of drug-likeness (QED) is 0.263. The summed E-state index contributed by atoms with van der Waals surface area (Å²) < 4.78 is 25.6. The van der Waals surface area contributed by atoms with Crippen LogP contribution in [0, 0.1) is 11.8 Å². The lowest BCUT2D eigenvalue weighted by molar-refractivity contribution is -0.163. The largest absolute Gasteiger partial charge is 0.493 e. The van der Waals surface area contributed by atoms with Gasteiger partial charge in [-0.3, -0.25) is 14.4 Å². The average molecular weight is 426 g/mol. The Kier molecular flexibility index (Phi) is 10.6. The molecule has 0 N–H and O–H groups in total. The highest BCUT2D eigenvalue weighted by Gasteiger charge is 2.47. The molecule has 0 aliphatic heterocycles. The first kappa shape index (κ1) is 25.2. The summed E-state index contributed by atoms with van der Waals surface area (Å²) >= 11 is 0. The molecule has 1 unspecified atom stereocenters. The van der Waals surface area contributed by atoms with Gasteiger partial charge in [-0.1, -0.05) is 5.57 Å². The molecule has 1 aliphatic carbocycles. The Bertz CT molecular complexity index is 687. The first-order valence-corrected chi connectivity index (χ1v) is 10.0. The van der Waals surface area contributed by atoms with E-state index in [2.05, 4.69) is 4.74 Å². The van der Waals surface area contributed by atoms with Gasteiger partial charge in [0.2, 0.25) is 0 Å². The molecule has 1 rings (SSSR count). The van der Waals surface area contributed by atoms with E-state index in [1.54, 1.807) is 33.8 Å². The fraction of sp³-hybridized carbons (Fsp3) is 0.619. The molecule has 0 fully saturated rings. The van der Waals surface area contributed by atoms with Crippen LogP contribution in [-0.4, -0.2) is 57.4 Å². The summed E-state index contributed by atoms with van der Waals surface area (Å²) in [4.78, 5) is 49.9. The monoisotopic (exact) mass is 426 g/mol. The van der Waals surface area contributed by atoms with E-state index in [1.165, 1.54) is 7.11 Å². The molecule has 9 nitrogen and oxygen atoms in total. The Morgan fingerprint density at radius 2 is 1.47 bits per heavy atom. The van der Waals surface area contributed by atoms with Crippen molar-refractivity contribution >= 4 is 23.9 Å². The third kappa shape index (κ3) is 6.33. The van der Waals surface area contributed by atoms with Crippen molar-refractivity contribution in [2.75, 3.05) is 33.5 Å². The summed E-state index contributed by atoms with van der Waals surface area (Å²) in [6, 6.07) is 0. The maximum Gasteiger partial charge on any atom is 0.338 e. The zero-order chi connectivity index (χ0) is 22.7. The van der Waals surface area contributed by atoms with Gasteiger partial charge in [-0.25, -0.2) is 4.79 Å². The molecule has 0 bridgehead atoms. The van der Waals surface area contributed by atoms with Crippen molar-refractivity contribution in [3.05, 3.63) is 23.0 Å². The third-order valence-electron chi connectivity index (χ3n) is 4.35. The minimum atomic E-state index is -1.44. The molecule has 0 saturated heterocycles. The zero-order valence-corrected chi connectivity index (χ0v) is 18.1. The molecule has 0 heterocycles. The van der Waals surface area contributed by atoms with Gasteiger partial charge in [-0.15, -0.1) is 0 Å². The summed E-state index contributed by atoms with van der Waals surface area (Å²) in [6.45, 7) is 7.01. The zero-order valence-electron chi connectivity index (χ0n) is 18.1. The predicted octanol–water partition coefficient (Wildman–Crippen LogP) is 2.09. The van der Waals surface area contributed by atoms with E-state index < -0.39 is 35.7 Å². The van der Waals surface area contributed by atoms with E-state index in [0.29, 0.717) is 5.57 Å². The molecule has 0 radical (unpaired) electrons. The van der Waals surface area contributed by atoms with Gasteiger partial charge in [-0.2, -0.15) is 0 Å². The van der Waals surface area contributed by atoms with Crippen LogP contribution in [0.5, 0.6) is 0 Å².